The van der Waals surface area contributed by atoms with Crippen LogP contribution in [-0.4, -0.2) is 32.5 Å². The zero-order valence-electron chi connectivity index (χ0n) is 14.0. The minimum absolute atomic E-state index is 0.0808. The van der Waals surface area contributed by atoms with Crippen LogP contribution in [-0.2, 0) is 10.6 Å². The van der Waals surface area contributed by atoms with Crippen molar-refractivity contribution in [2.45, 2.75) is 18.3 Å². The fourth-order valence-corrected chi connectivity index (χ4v) is 3.33. The van der Waals surface area contributed by atoms with Crippen molar-refractivity contribution in [1.82, 2.24) is 0 Å². The number of aliphatic hydroxyl groups is 1. The number of hydrogen-bond donors (Lipinski definition) is 4. The fourth-order valence-electron chi connectivity index (χ4n) is 3.33. The molecular weight excluding hydrogens is 352 g/mol. The molecule has 0 amide bonds. The van der Waals surface area contributed by atoms with Gasteiger partial charge in [-0.25, -0.2) is 0 Å². The molecule has 4 rings (SSSR count). The first-order valence-electron chi connectivity index (χ1n) is 8.23. The molecule has 1 heterocycles. The second-order valence-electron chi connectivity index (χ2n) is 6.27. The fraction of sp³-hybridized carbons (Fsp3) is 0.150. The molecular formula is C20H16O7. The van der Waals surface area contributed by atoms with Gasteiger partial charge in [-0.2, -0.15) is 0 Å². The van der Waals surface area contributed by atoms with E-state index in [0.717, 1.165) is 5.39 Å². The predicted molar refractivity (Wildman–Crippen MR) is 94.9 cm³/mol. The number of aromatic hydroxyl groups is 2. The first-order valence-corrected chi connectivity index (χ1v) is 8.23. The van der Waals surface area contributed by atoms with E-state index < -0.39 is 35.8 Å². The Morgan fingerprint density at radius 3 is 2.15 bits per heavy atom. The van der Waals surface area contributed by atoms with Crippen LogP contribution >= 0.6 is 0 Å². The molecule has 0 fully saturated rings. The summed E-state index contributed by atoms with van der Waals surface area (Å²) in [5.41, 5.74) is -0.0808. The number of aliphatic carboxylic acids is 1. The SMILES string of the molecule is O=C(O)C[C@H](O)C1(c2cccc(O)c2O)Oc2cccc3cccc(c23)O1. The Bertz CT molecular complexity index is 1000. The molecule has 0 aromatic heterocycles. The minimum Gasteiger partial charge on any atom is -0.504 e. The van der Waals surface area contributed by atoms with Crippen LogP contribution in [0.3, 0.4) is 0 Å². The van der Waals surface area contributed by atoms with Gasteiger partial charge in [-0.15, -0.1) is 0 Å². The number of phenols is 2. The van der Waals surface area contributed by atoms with Crippen molar-refractivity contribution in [1.29, 1.82) is 0 Å². The molecule has 1 aliphatic rings. The van der Waals surface area contributed by atoms with E-state index in [0.29, 0.717) is 16.9 Å². The molecule has 1 aliphatic heterocycles. The van der Waals surface area contributed by atoms with Crippen LogP contribution in [0.5, 0.6) is 23.0 Å². The highest BCUT2D eigenvalue weighted by Gasteiger charge is 2.51. The summed E-state index contributed by atoms with van der Waals surface area (Å²) < 4.78 is 11.9. The monoisotopic (exact) mass is 368 g/mol. The standard InChI is InChI=1S/C20H16O7/c21-13-7-3-6-12(19(13)25)20(16(22)10-17(23)24)26-14-8-1-4-11-5-2-9-15(27-20)18(11)14/h1-9,16,21-22,25H,10H2,(H,23,24)/t16-/m0/s1. The van der Waals surface area contributed by atoms with Crippen molar-refractivity contribution in [2.75, 3.05) is 0 Å². The first-order chi connectivity index (χ1) is 12.9. The Morgan fingerprint density at radius 2 is 1.56 bits per heavy atom. The number of para-hydroxylation sites is 1. The number of ether oxygens (including phenoxy) is 2. The van der Waals surface area contributed by atoms with E-state index in [9.17, 15) is 20.1 Å². The van der Waals surface area contributed by atoms with Crippen molar-refractivity contribution in [3.05, 3.63) is 60.2 Å². The first kappa shape index (κ1) is 17.0. The van der Waals surface area contributed by atoms with Crippen molar-refractivity contribution in [2.24, 2.45) is 0 Å². The third kappa shape index (κ3) is 2.60. The van der Waals surface area contributed by atoms with Gasteiger partial charge in [-0.3, -0.25) is 4.79 Å². The van der Waals surface area contributed by atoms with E-state index >= 15 is 0 Å². The number of carbonyl (C=O) groups is 1. The molecule has 1 atom stereocenters. The van der Waals surface area contributed by atoms with Gasteiger partial charge in [0.05, 0.1) is 17.4 Å². The molecule has 138 valence electrons. The maximum atomic E-state index is 11.2. The zero-order valence-corrected chi connectivity index (χ0v) is 14.0. The van der Waals surface area contributed by atoms with Crippen LogP contribution in [0.2, 0.25) is 0 Å². The second-order valence-corrected chi connectivity index (χ2v) is 6.27. The lowest BCUT2D eigenvalue weighted by Gasteiger charge is -2.41. The van der Waals surface area contributed by atoms with Crippen LogP contribution < -0.4 is 9.47 Å². The maximum Gasteiger partial charge on any atom is 0.308 e. The molecule has 0 spiro atoms. The van der Waals surface area contributed by atoms with E-state index in [2.05, 4.69) is 0 Å². The molecule has 3 aromatic rings. The zero-order chi connectivity index (χ0) is 19.2. The van der Waals surface area contributed by atoms with Gasteiger partial charge in [-0.05, 0) is 29.7 Å². The van der Waals surface area contributed by atoms with Gasteiger partial charge in [0.2, 0.25) is 0 Å². The van der Waals surface area contributed by atoms with Gasteiger partial charge in [0.15, 0.2) is 11.5 Å². The third-order valence-corrected chi connectivity index (χ3v) is 4.55. The smallest absolute Gasteiger partial charge is 0.308 e. The van der Waals surface area contributed by atoms with Gasteiger partial charge in [0, 0.05) is 0 Å². The summed E-state index contributed by atoms with van der Waals surface area (Å²) in [6.07, 6.45) is -2.38. The van der Waals surface area contributed by atoms with Crippen molar-refractivity contribution in [3.8, 4) is 23.0 Å². The quantitative estimate of drug-likeness (QED) is 0.523. The Balaban J connectivity index is 1.95. The summed E-state index contributed by atoms with van der Waals surface area (Å²) in [5, 5.41) is 41.7. The normalized spacial score (nSPS) is 15.6. The lowest BCUT2D eigenvalue weighted by atomic mass is 9.94. The Morgan fingerprint density at radius 1 is 0.963 bits per heavy atom. The molecule has 0 aliphatic carbocycles. The van der Waals surface area contributed by atoms with E-state index in [1.54, 1.807) is 24.3 Å². The van der Waals surface area contributed by atoms with Crippen molar-refractivity contribution < 1.29 is 34.7 Å². The number of phenolic OH excluding ortho intramolecular Hbond substituents is 2. The molecule has 3 aromatic carbocycles. The number of aliphatic hydroxyl groups excluding tert-OH is 1. The maximum absolute atomic E-state index is 11.2. The summed E-state index contributed by atoms with van der Waals surface area (Å²) >= 11 is 0. The predicted octanol–water partition coefficient (Wildman–Crippen LogP) is 2.71. The van der Waals surface area contributed by atoms with E-state index in [4.69, 9.17) is 14.6 Å². The van der Waals surface area contributed by atoms with Gasteiger partial charge < -0.3 is 29.9 Å². The molecule has 0 radical (unpaired) electrons. The Kier molecular flexibility index (Phi) is 3.82. The van der Waals surface area contributed by atoms with Gasteiger partial charge in [0.1, 0.15) is 17.6 Å². The van der Waals surface area contributed by atoms with Crippen molar-refractivity contribution >= 4 is 16.7 Å². The Hall–Kier alpha value is -3.45. The van der Waals surface area contributed by atoms with Gasteiger partial charge >= 0.3 is 11.8 Å². The summed E-state index contributed by atoms with van der Waals surface area (Å²) in [7, 11) is 0. The van der Waals surface area contributed by atoms with Crippen LogP contribution in [0.1, 0.15) is 12.0 Å². The third-order valence-electron chi connectivity index (χ3n) is 4.55. The lowest BCUT2D eigenvalue weighted by Crippen LogP contribution is -2.52. The molecule has 4 N–H and O–H groups in total. The molecule has 0 saturated carbocycles. The number of hydrogen-bond acceptors (Lipinski definition) is 6. The molecule has 0 saturated heterocycles. The second kappa shape index (κ2) is 6.07. The summed E-state index contributed by atoms with van der Waals surface area (Å²) in [6.45, 7) is 0. The van der Waals surface area contributed by atoms with Crippen LogP contribution in [0.4, 0.5) is 0 Å². The average molecular weight is 368 g/mol. The topological polar surface area (TPSA) is 116 Å². The van der Waals surface area contributed by atoms with Crippen LogP contribution in [0.25, 0.3) is 10.8 Å². The molecule has 7 nitrogen and oxygen atoms in total. The van der Waals surface area contributed by atoms with Crippen molar-refractivity contribution in [3.63, 3.8) is 0 Å². The van der Waals surface area contributed by atoms with Crippen LogP contribution in [0, 0.1) is 0 Å². The number of carboxylic acid groups (broad SMARTS) is 1. The summed E-state index contributed by atoms with van der Waals surface area (Å²) in [5.74, 6) is -3.61. The Labute approximate surface area is 153 Å². The highest BCUT2D eigenvalue weighted by Crippen LogP contribution is 2.49. The van der Waals surface area contributed by atoms with E-state index in [1.807, 2.05) is 12.1 Å². The van der Waals surface area contributed by atoms with E-state index in [1.165, 1.54) is 18.2 Å². The summed E-state index contributed by atoms with van der Waals surface area (Å²) in [6, 6.07) is 14.7. The average Bonchev–Trinajstić information content (AvgIpc) is 2.63. The summed E-state index contributed by atoms with van der Waals surface area (Å²) in [4.78, 5) is 11.2. The van der Waals surface area contributed by atoms with Gasteiger partial charge in [0.25, 0.3) is 0 Å². The number of benzene rings is 3. The van der Waals surface area contributed by atoms with Crippen LogP contribution in [0.15, 0.2) is 54.6 Å². The molecule has 27 heavy (non-hydrogen) atoms. The molecule has 7 heteroatoms. The minimum atomic E-state index is -2.05. The molecule has 0 unspecified atom stereocenters. The number of carboxylic acids is 1. The highest BCUT2D eigenvalue weighted by molar-refractivity contribution is 5.94. The highest BCUT2D eigenvalue weighted by atomic mass is 16.7. The lowest BCUT2D eigenvalue weighted by molar-refractivity contribution is -0.204. The van der Waals surface area contributed by atoms with E-state index in [-0.39, 0.29) is 5.56 Å². The largest absolute Gasteiger partial charge is 0.504 e. The molecule has 0 bridgehead atoms. The number of rotatable bonds is 4. The van der Waals surface area contributed by atoms with Gasteiger partial charge in [-0.1, -0.05) is 30.3 Å².